The molecule has 1 aliphatic heterocycles. The first kappa shape index (κ1) is 19.0. The van der Waals surface area contributed by atoms with Gasteiger partial charge in [-0.1, -0.05) is 60.7 Å². The smallest absolute Gasteiger partial charge is 0.184 e. The maximum atomic E-state index is 10.4. The highest BCUT2D eigenvalue weighted by Gasteiger charge is 2.39. The Labute approximate surface area is 154 Å². The van der Waals surface area contributed by atoms with Crippen LogP contribution in [0.1, 0.15) is 17.5 Å². The fourth-order valence-electron chi connectivity index (χ4n) is 3.08. The highest BCUT2D eigenvalue weighted by atomic mass is 16.7. The number of hydrogen-bond donors (Lipinski definition) is 1. The Hall–Kier alpha value is -1.76. The summed E-state index contributed by atoms with van der Waals surface area (Å²) in [6.45, 7) is 1.32. The summed E-state index contributed by atoms with van der Waals surface area (Å²) in [6, 6.07) is 19.8. The molecule has 0 radical (unpaired) electrons. The molecule has 140 valence electrons. The van der Waals surface area contributed by atoms with E-state index in [4.69, 9.17) is 18.9 Å². The molecule has 0 spiro atoms. The van der Waals surface area contributed by atoms with Gasteiger partial charge >= 0.3 is 0 Å². The van der Waals surface area contributed by atoms with Crippen LogP contribution in [0.4, 0.5) is 0 Å². The molecule has 2 aromatic rings. The van der Waals surface area contributed by atoms with Crippen LogP contribution in [-0.4, -0.2) is 43.4 Å². The van der Waals surface area contributed by atoms with Gasteiger partial charge in [0.15, 0.2) is 6.29 Å². The topological polar surface area (TPSA) is 57.2 Å². The van der Waals surface area contributed by atoms with Gasteiger partial charge in [-0.25, -0.2) is 0 Å². The molecule has 4 atom stereocenters. The van der Waals surface area contributed by atoms with Crippen LogP contribution in [0.25, 0.3) is 0 Å². The predicted molar refractivity (Wildman–Crippen MR) is 97.4 cm³/mol. The zero-order valence-corrected chi connectivity index (χ0v) is 15.0. The van der Waals surface area contributed by atoms with Crippen molar-refractivity contribution in [1.82, 2.24) is 0 Å². The molecule has 3 rings (SSSR count). The maximum absolute atomic E-state index is 10.4. The molecule has 1 aliphatic rings. The van der Waals surface area contributed by atoms with Gasteiger partial charge < -0.3 is 24.1 Å². The number of aliphatic hydroxyl groups is 1. The number of benzene rings is 2. The Morgan fingerprint density at radius 2 is 1.58 bits per heavy atom. The van der Waals surface area contributed by atoms with E-state index in [1.54, 1.807) is 7.11 Å². The number of ether oxygens (including phenoxy) is 4. The molecular formula is C21H26O5. The minimum atomic E-state index is -1.04. The molecule has 0 aromatic heterocycles. The van der Waals surface area contributed by atoms with Crippen molar-refractivity contribution in [2.75, 3.05) is 13.7 Å². The van der Waals surface area contributed by atoms with Crippen molar-refractivity contribution in [2.24, 2.45) is 0 Å². The molecule has 0 amide bonds. The molecule has 0 aliphatic carbocycles. The lowest BCUT2D eigenvalue weighted by molar-refractivity contribution is -0.272. The second-order valence-electron chi connectivity index (χ2n) is 6.42. The molecule has 2 aromatic carbocycles. The van der Waals surface area contributed by atoms with Gasteiger partial charge in [-0.05, 0) is 11.1 Å². The van der Waals surface area contributed by atoms with Crippen LogP contribution < -0.4 is 0 Å². The highest BCUT2D eigenvalue weighted by Crippen LogP contribution is 2.25. The molecule has 1 fully saturated rings. The first-order valence-electron chi connectivity index (χ1n) is 8.90. The Morgan fingerprint density at radius 1 is 0.962 bits per heavy atom. The van der Waals surface area contributed by atoms with E-state index in [2.05, 4.69) is 0 Å². The van der Waals surface area contributed by atoms with E-state index in [-0.39, 0.29) is 12.2 Å². The van der Waals surface area contributed by atoms with Crippen LogP contribution in [0.5, 0.6) is 0 Å². The monoisotopic (exact) mass is 358 g/mol. The van der Waals surface area contributed by atoms with E-state index >= 15 is 0 Å². The fourth-order valence-corrected chi connectivity index (χ4v) is 3.08. The standard InChI is InChI=1S/C21H26O5/c1-23-19-12-18(15-24-13-16-8-4-2-5-9-16)26-21(22)20(19)25-14-17-10-6-3-7-11-17/h2-11,18-22H,12-15H2,1H3/t18?,19?,20?,21-/m0/s1. The van der Waals surface area contributed by atoms with Gasteiger partial charge in [0.2, 0.25) is 0 Å². The van der Waals surface area contributed by atoms with E-state index in [9.17, 15) is 5.11 Å². The van der Waals surface area contributed by atoms with Crippen molar-refractivity contribution in [2.45, 2.75) is 44.2 Å². The SMILES string of the molecule is COC1CC(COCc2ccccc2)O[C@H](O)C1OCc1ccccc1. The molecule has 0 bridgehead atoms. The minimum absolute atomic E-state index is 0.227. The van der Waals surface area contributed by atoms with E-state index < -0.39 is 12.4 Å². The number of rotatable bonds is 8. The van der Waals surface area contributed by atoms with Gasteiger partial charge in [-0.3, -0.25) is 0 Å². The van der Waals surface area contributed by atoms with Crippen molar-refractivity contribution in [3.63, 3.8) is 0 Å². The van der Waals surface area contributed by atoms with E-state index in [1.807, 2.05) is 60.7 Å². The van der Waals surface area contributed by atoms with Gasteiger partial charge in [-0.15, -0.1) is 0 Å². The average molecular weight is 358 g/mol. The molecule has 26 heavy (non-hydrogen) atoms. The van der Waals surface area contributed by atoms with Crippen molar-refractivity contribution in [3.8, 4) is 0 Å². The summed E-state index contributed by atoms with van der Waals surface area (Å²) < 4.78 is 22.8. The lowest BCUT2D eigenvalue weighted by Gasteiger charge is -2.38. The number of aliphatic hydroxyl groups excluding tert-OH is 1. The third-order valence-electron chi connectivity index (χ3n) is 4.48. The van der Waals surface area contributed by atoms with E-state index in [1.165, 1.54) is 0 Å². The van der Waals surface area contributed by atoms with E-state index in [0.29, 0.717) is 26.2 Å². The number of methoxy groups -OCH3 is 1. The summed E-state index contributed by atoms with van der Waals surface area (Å²) in [5.74, 6) is 0. The normalized spacial score (nSPS) is 25.9. The Bertz CT molecular complexity index is 633. The largest absolute Gasteiger partial charge is 0.378 e. The van der Waals surface area contributed by atoms with Crippen molar-refractivity contribution in [3.05, 3.63) is 71.8 Å². The molecule has 1 heterocycles. The first-order chi connectivity index (χ1) is 12.8. The molecule has 5 heteroatoms. The summed E-state index contributed by atoms with van der Waals surface area (Å²) >= 11 is 0. The third-order valence-corrected chi connectivity index (χ3v) is 4.48. The van der Waals surface area contributed by atoms with Gasteiger partial charge in [-0.2, -0.15) is 0 Å². The number of hydrogen-bond acceptors (Lipinski definition) is 5. The molecule has 1 saturated heterocycles. The van der Waals surface area contributed by atoms with Crippen molar-refractivity contribution >= 4 is 0 Å². The van der Waals surface area contributed by atoms with Crippen molar-refractivity contribution < 1.29 is 24.1 Å². The van der Waals surface area contributed by atoms with Gasteiger partial charge in [0.25, 0.3) is 0 Å². The predicted octanol–water partition coefficient (Wildman–Crippen LogP) is 2.91. The second kappa shape index (κ2) is 9.80. The first-order valence-corrected chi connectivity index (χ1v) is 8.90. The zero-order chi connectivity index (χ0) is 18.2. The zero-order valence-electron chi connectivity index (χ0n) is 15.0. The summed E-state index contributed by atoms with van der Waals surface area (Å²) in [6.07, 6.45) is -1.42. The third kappa shape index (κ3) is 5.37. The Balaban J connectivity index is 1.47. The van der Waals surface area contributed by atoms with Crippen molar-refractivity contribution in [1.29, 1.82) is 0 Å². The van der Waals surface area contributed by atoms with Crippen LogP contribution in [-0.2, 0) is 32.2 Å². The fraction of sp³-hybridized carbons (Fsp3) is 0.429. The quantitative estimate of drug-likeness (QED) is 0.786. The van der Waals surface area contributed by atoms with Crippen LogP contribution in [0, 0.1) is 0 Å². The highest BCUT2D eigenvalue weighted by molar-refractivity contribution is 5.14. The summed E-state index contributed by atoms with van der Waals surface area (Å²) in [5.41, 5.74) is 2.15. The molecule has 1 N–H and O–H groups in total. The molecular weight excluding hydrogens is 332 g/mol. The molecule has 0 saturated carbocycles. The maximum Gasteiger partial charge on any atom is 0.184 e. The van der Waals surface area contributed by atoms with Crippen LogP contribution in [0.15, 0.2) is 60.7 Å². The van der Waals surface area contributed by atoms with Crippen LogP contribution in [0.3, 0.4) is 0 Å². The van der Waals surface area contributed by atoms with Gasteiger partial charge in [0.05, 0.1) is 32.0 Å². The summed E-state index contributed by atoms with van der Waals surface area (Å²) in [5, 5.41) is 10.4. The van der Waals surface area contributed by atoms with Crippen LogP contribution in [0.2, 0.25) is 0 Å². The molecule has 5 nitrogen and oxygen atoms in total. The minimum Gasteiger partial charge on any atom is -0.378 e. The Kier molecular flexibility index (Phi) is 7.17. The van der Waals surface area contributed by atoms with Gasteiger partial charge in [0, 0.05) is 13.5 Å². The molecule has 3 unspecified atom stereocenters. The van der Waals surface area contributed by atoms with Crippen LogP contribution >= 0.6 is 0 Å². The summed E-state index contributed by atoms with van der Waals surface area (Å²) in [4.78, 5) is 0. The average Bonchev–Trinajstić information content (AvgIpc) is 2.68. The van der Waals surface area contributed by atoms with E-state index in [0.717, 1.165) is 11.1 Å². The lowest BCUT2D eigenvalue weighted by atomic mass is 10.0. The Morgan fingerprint density at radius 3 is 2.19 bits per heavy atom. The second-order valence-corrected chi connectivity index (χ2v) is 6.42. The lowest BCUT2D eigenvalue weighted by Crippen LogP contribution is -2.51. The summed E-state index contributed by atoms with van der Waals surface area (Å²) in [7, 11) is 1.63. The van der Waals surface area contributed by atoms with Gasteiger partial charge in [0.1, 0.15) is 6.10 Å².